The average molecular weight is 557 g/mol. The number of anilines is 2. The fourth-order valence-corrected chi connectivity index (χ4v) is 4.52. The summed E-state index contributed by atoms with van der Waals surface area (Å²) in [6.07, 6.45) is 0. The molecule has 0 atom stereocenters. The van der Waals surface area contributed by atoms with Gasteiger partial charge in [-0.3, -0.25) is 29.8 Å². The van der Waals surface area contributed by atoms with E-state index in [1.54, 1.807) is 19.1 Å². The van der Waals surface area contributed by atoms with Gasteiger partial charge in [0.15, 0.2) is 0 Å². The molecule has 0 radical (unpaired) electrons. The lowest BCUT2D eigenvalue weighted by molar-refractivity contribution is -0.394. The molecule has 3 rings (SSSR count). The van der Waals surface area contributed by atoms with Crippen molar-refractivity contribution in [2.75, 3.05) is 24.4 Å². The van der Waals surface area contributed by atoms with E-state index in [0.29, 0.717) is 17.4 Å². The minimum absolute atomic E-state index is 0.0157. The number of carbonyl (C=O) groups excluding carboxylic acids is 4. The summed E-state index contributed by atoms with van der Waals surface area (Å²) in [5.74, 6) is -3.27. The third kappa shape index (κ3) is 6.22. The van der Waals surface area contributed by atoms with Crippen LogP contribution in [0.4, 0.5) is 22.1 Å². The molecule has 2 N–H and O–H groups in total. The molecule has 15 heteroatoms. The first-order valence-electron chi connectivity index (χ1n) is 11.0. The number of hydrogen-bond acceptors (Lipinski definition) is 11. The fourth-order valence-electron chi connectivity index (χ4n) is 3.44. The van der Waals surface area contributed by atoms with Gasteiger partial charge in [-0.05, 0) is 31.5 Å². The molecule has 0 saturated heterocycles. The number of methoxy groups -OCH3 is 1. The number of nitro benzene ring substituents is 2. The molecule has 3 aromatic rings. The van der Waals surface area contributed by atoms with E-state index >= 15 is 0 Å². The lowest BCUT2D eigenvalue weighted by Gasteiger charge is -2.09. The SMILES string of the molecule is CCOC(=O)c1c(NC(=O)c2cc([N+](=O)[O-])cc([N+](=O)[O-])c2)sc(C(=O)Nc2ccccc2C(=O)OC)c1C. The van der Waals surface area contributed by atoms with E-state index in [9.17, 15) is 39.4 Å². The van der Waals surface area contributed by atoms with E-state index in [4.69, 9.17) is 9.47 Å². The maximum absolute atomic E-state index is 13.2. The Morgan fingerprint density at radius 3 is 2.10 bits per heavy atom. The fraction of sp³-hybridized carbons (Fsp3) is 0.167. The first-order chi connectivity index (χ1) is 18.5. The Labute approximate surface area is 223 Å². The molecule has 0 fully saturated rings. The van der Waals surface area contributed by atoms with Crippen LogP contribution in [-0.4, -0.2) is 47.3 Å². The van der Waals surface area contributed by atoms with Gasteiger partial charge >= 0.3 is 11.9 Å². The molecule has 0 aliphatic heterocycles. The summed E-state index contributed by atoms with van der Waals surface area (Å²) in [5, 5.41) is 27.2. The lowest BCUT2D eigenvalue weighted by atomic mass is 10.1. The molecule has 0 aliphatic rings. The highest BCUT2D eigenvalue weighted by molar-refractivity contribution is 7.19. The number of para-hydroxylation sites is 1. The van der Waals surface area contributed by atoms with Gasteiger partial charge in [0.1, 0.15) is 5.00 Å². The number of carbonyl (C=O) groups is 4. The molecule has 1 aromatic heterocycles. The normalized spacial score (nSPS) is 10.3. The van der Waals surface area contributed by atoms with E-state index in [1.165, 1.54) is 26.2 Å². The highest BCUT2D eigenvalue weighted by Gasteiger charge is 2.28. The second kappa shape index (κ2) is 11.9. The van der Waals surface area contributed by atoms with Crippen molar-refractivity contribution in [2.24, 2.45) is 0 Å². The monoisotopic (exact) mass is 556 g/mol. The number of ether oxygens (including phenoxy) is 2. The Hall–Kier alpha value is -5.18. The Balaban J connectivity index is 2.03. The minimum Gasteiger partial charge on any atom is -0.465 e. The Morgan fingerprint density at radius 2 is 1.54 bits per heavy atom. The number of rotatable bonds is 9. The van der Waals surface area contributed by atoms with Gasteiger partial charge in [0, 0.05) is 12.1 Å². The van der Waals surface area contributed by atoms with Gasteiger partial charge in [-0.25, -0.2) is 9.59 Å². The summed E-state index contributed by atoms with van der Waals surface area (Å²) in [6.45, 7) is 2.97. The van der Waals surface area contributed by atoms with Crippen molar-refractivity contribution in [1.82, 2.24) is 0 Å². The molecule has 2 aromatic carbocycles. The number of nitrogens with zero attached hydrogens (tertiary/aromatic N) is 2. The van der Waals surface area contributed by atoms with Gasteiger partial charge in [-0.2, -0.15) is 0 Å². The number of non-ortho nitro benzene ring substituents is 2. The number of nitro groups is 2. The molecular formula is C24H20N4O10S. The molecule has 0 bridgehead atoms. The van der Waals surface area contributed by atoms with Crippen LogP contribution in [0.5, 0.6) is 0 Å². The molecule has 39 heavy (non-hydrogen) atoms. The van der Waals surface area contributed by atoms with Crippen LogP contribution in [0.3, 0.4) is 0 Å². The second-order valence-electron chi connectivity index (χ2n) is 7.68. The first kappa shape index (κ1) is 28.4. The van der Waals surface area contributed by atoms with Crippen LogP contribution < -0.4 is 10.6 Å². The van der Waals surface area contributed by atoms with Crippen molar-refractivity contribution in [3.63, 3.8) is 0 Å². The predicted octanol–water partition coefficient (Wildman–Crippen LogP) is 4.34. The van der Waals surface area contributed by atoms with E-state index < -0.39 is 50.5 Å². The summed E-state index contributed by atoms with van der Waals surface area (Å²) >= 11 is 0.703. The van der Waals surface area contributed by atoms with Gasteiger partial charge in [0.25, 0.3) is 23.2 Å². The standard InChI is InChI=1S/C24H20N4O10S/c1-4-38-24(32)18-12(2)19(21(30)25-17-8-6-5-7-16(17)23(31)37-3)39-22(18)26-20(29)13-9-14(27(33)34)11-15(10-13)28(35)36/h5-11H,4H2,1-3H3,(H,25,30)(H,26,29). The highest BCUT2D eigenvalue weighted by Crippen LogP contribution is 2.35. The zero-order chi connectivity index (χ0) is 28.9. The zero-order valence-corrected chi connectivity index (χ0v) is 21.5. The molecule has 1 heterocycles. The van der Waals surface area contributed by atoms with Crippen LogP contribution >= 0.6 is 11.3 Å². The van der Waals surface area contributed by atoms with Crippen molar-refractivity contribution >= 4 is 57.2 Å². The Bertz CT molecular complexity index is 1480. The summed E-state index contributed by atoms with van der Waals surface area (Å²) in [7, 11) is 1.18. The maximum Gasteiger partial charge on any atom is 0.341 e. The molecule has 14 nitrogen and oxygen atoms in total. The number of amides is 2. The maximum atomic E-state index is 13.2. The quantitative estimate of drug-likeness (QED) is 0.217. The van der Waals surface area contributed by atoms with Crippen LogP contribution in [0, 0.1) is 27.2 Å². The third-order valence-electron chi connectivity index (χ3n) is 5.23. The van der Waals surface area contributed by atoms with Crippen molar-refractivity contribution < 1.29 is 38.5 Å². The van der Waals surface area contributed by atoms with Crippen molar-refractivity contribution in [1.29, 1.82) is 0 Å². The number of esters is 2. The smallest absolute Gasteiger partial charge is 0.341 e. The van der Waals surface area contributed by atoms with Crippen LogP contribution in [-0.2, 0) is 9.47 Å². The summed E-state index contributed by atoms with van der Waals surface area (Å²) in [4.78, 5) is 71.5. The second-order valence-corrected chi connectivity index (χ2v) is 8.70. The molecule has 202 valence electrons. The van der Waals surface area contributed by atoms with Gasteiger partial charge in [-0.15, -0.1) is 11.3 Å². The van der Waals surface area contributed by atoms with E-state index in [-0.39, 0.29) is 38.9 Å². The number of thiophene rings is 1. The van der Waals surface area contributed by atoms with Crippen LogP contribution in [0.25, 0.3) is 0 Å². The van der Waals surface area contributed by atoms with Crippen molar-refractivity contribution in [2.45, 2.75) is 13.8 Å². The summed E-state index contributed by atoms with van der Waals surface area (Å²) < 4.78 is 9.78. The largest absolute Gasteiger partial charge is 0.465 e. The van der Waals surface area contributed by atoms with Gasteiger partial charge in [-0.1, -0.05) is 12.1 Å². The number of hydrogen-bond donors (Lipinski definition) is 2. The van der Waals surface area contributed by atoms with E-state index in [0.717, 1.165) is 12.1 Å². The topological polar surface area (TPSA) is 197 Å². The van der Waals surface area contributed by atoms with Crippen LogP contribution in [0.2, 0.25) is 0 Å². The van der Waals surface area contributed by atoms with Crippen LogP contribution in [0.1, 0.15) is 53.2 Å². The molecule has 2 amide bonds. The molecule has 0 saturated carbocycles. The number of benzene rings is 2. The van der Waals surface area contributed by atoms with Crippen molar-refractivity contribution in [3.05, 3.63) is 89.8 Å². The Kier molecular flexibility index (Phi) is 8.67. The summed E-state index contributed by atoms with van der Waals surface area (Å²) in [5.41, 5.74) is -1.59. The minimum atomic E-state index is -1.00. The predicted molar refractivity (Wildman–Crippen MR) is 138 cm³/mol. The van der Waals surface area contributed by atoms with Crippen LogP contribution in [0.15, 0.2) is 42.5 Å². The Morgan fingerprint density at radius 1 is 0.923 bits per heavy atom. The van der Waals surface area contributed by atoms with E-state index in [1.807, 2.05) is 0 Å². The molecular weight excluding hydrogens is 536 g/mol. The lowest BCUT2D eigenvalue weighted by Crippen LogP contribution is -2.16. The first-order valence-corrected chi connectivity index (χ1v) is 11.8. The molecule has 0 unspecified atom stereocenters. The van der Waals surface area contributed by atoms with Gasteiger partial charge < -0.3 is 20.1 Å². The number of nitrogens with one attached hydrogen (secondary N) is 2. The van der Waals surface area contributed by atoms with Gasteiger partial charge in [0.05, 0.1) is 56.9 Å². The molecule has 0 aliphatic carbocycles. The highest BCUT2D eigenvalue weighted by atomic mass is 32.1. The zero-order valence-electron chi connectivity index (χ0n) is 20.6. The average Bonchev–Trinajstić information content (AvgIpc) is 3.23. The van der Waals surface area contributed by atoms with Gasteiger partial charge in [0.2, 0.25) is 0 Å². The summed E-state index contributed by atoms with van der Waals surface area (Å²) in [6, 6.07) is 8.44. The molecule has 0 spiro atoms. The van der Waals surface area contributed by atoms with Crippen molar-refractivity contribution in [3.8, 4) is 0 Å². The third-order valence-corrected chi connectivity index (χ3v) is 6.43. The van der Waals surface area contributed by atoms with E-state index in [2.05, 4.69) is 10.6 Å².